The van der Waals surface area contributed by atoms with E-state index in [2.05, 4.69) is 11.8 Å². The Morgan fingerprint density at radius 2 is 1.91 bits per heavy atom. The number of hydrogen-bond acceptors (Lipinski definition) is 3. The van der Waals surface area contributed by atoms with Crippen molar-refractivity contribution in [3.8, 4) is 11.8 Å². The normalized spacial score (nSPS) is 8.91. The van der Waals surface area contributed by atoms with Crippen molar-refractivity contribution in [1.82, 2.24) is 0 Å². The van der Waals surface area contributed by atoms with Crippen LogP contribution < -0.4 is 0 Å². The third kappa shape index (κ3) is 9.44. The average molecular weight is 158 g/mol. The minimum atomic E-state index is -0.111. The van der Waals surface area contributed by atoms with Crippen molar-refractivity contribution in [2.45, 2.75) is 12.8 Å². The number of aliphatic hydroxyl groups excluding tert-OH is 2. The first-order valence-corrected chi connectivity index (χ1v) is 3.67. The van der Waals surface area contributed by atoms with E-state index in [4.69, 9.17) is 14.9 Å². The molecule has 0 radical (unpaired) electrons. The Morgan fingerprint density at radius 3 is 2.55 bits per heavy atom. The van der Waals surface area contributed by atoms with E-state index in [1.165, 1.54) is 0 Å². The Bertz CT molecular complexity index is 123. The molecule has 0 aliphatic heterocycles. The number of aliphatic hydroxyl groups is 2. The van der Waals surface area contributed by atoms with Gasteiger partial charge in [0.25, 0.3) is 0 Å². The highest BCUT2D eigenvalue weighted by Crippen LogP contribution is 1.86. The van der Waals surface area contributed by atoms with Crippen LogP contribution in [-0.4, -0.2) is 36.6 Å². The summed E-state index contributed by atoms with van der Waals surface area (Å²) in [6.45, 7) is 1.10. The fraction of sp³-hybridized carbons (Fsp3) is 0.750. The molecule has 0 unspecified atom stereocenters. The number of hydrogen-bond donors (Lipinski definition) is 2. The summed E-state index contributed by atoms with van der Waals surface area (Å²) in [7, 11) is 0. The van der Waals surface area contributed by atoms with Crippen LogP contribution in [0, 0.1) is 11.8 Å². The molecule has 11 heavy (non-hydrogen) atoms. The van der Waals surface area contributed by atoms with E-state index < -0.39 is 0 Å². The fourth-order valence-electron chi connectivity index (χ4n) is 0.546. The molecule has 64 valence electrons. The summed E-state index contributed by atoms with van der Waals surface area (Å²) in [6, 6.07) is 0. The van der Waals surface area contributed by atoms with Gasteiger partial charge in [0, 0.05) is 13.2 Å². The number of rotatable bonds is 5. The summed E-state index contributed by atoms with van der Waals surface area (Å²) in [4.78, 5) is 0. The average Bonchev–Trinajstić information content (AvgIpc) is 2.03. The molecule has 0 saturated carbocycles. The van der Waals surface area contributed by atoms with E-state index in [0.29, 0.717) is 13.2 Å². The predicted octanol–water partition coefficient (Wildman–Crippen LogP) is -0.229. The third-order valence-electron chi connectivity index (χ3n) is 1.08. The molecule has 0 fully saturated rings. The number of unbranched alkanes of at least 4 members (excludes halogenated alkanes) is 1. The van der Waals surface area contributed by atoms with E-state index >= 15 is 0 Å². The molecule has 0 saturated heterocycles. The minimum absolute atomic E-state index is 0.111. The molecular formula is C8H14O3. The van der Waals surface area contributed by atoms with Gasteiger partial charge in [-0.2, -0.15) is 0 Å². The summed E-state index contributed by atoms with van der Waals surface area (Å²) >= 11 is 0. The quantitative estimate of drug-likeness (QED) is 0.429. The van der Waals surface area contributed by atoms with E-state index in [1.807, 2.05) is 0 Å². The first-order chi connectivity index (χ1) is 5.41. The molecule has 0 heterocycles. The van der Waals surface area contributed by atoms with Crippen LogP contribution in [0.25, 0.3) is 0 Å². The zero-order chi connectivity index (χ0) is 8.36. The Labute approximate surface area is 67.0 Å². The standard InChI is InChI=1S/C8H14O3/c9-5-1-3-7-11-8-4-2-6-10/h9-10H,1,3,5-8H2. The van der Waals surface area contributed by atoms with Crippen molar-refractivity contribution in [2.75, 3.05) is 26.4 Å². The molecule has 2 N–H and O–H groups in total. The highest BCUT2D eigenvalue weighted by molar-refractivity contribution is 4.98. The lowest BCUT2D eigenvalue weighted by molar-refractivity contribution is 0.154. The van der Waals surface area contributed by atoms with Gasteiger partial charge in [0.05, 0.1) is 0 Å². The second kappa shape index (κ2) is 9.44. The molecule has 0 bridgehead atoms. The number of ether oxygens (including phenoxy) is 1. The van der Waals surface area contributed by atoms with E-state index in [9.17, 15) is 0 Å². The van der Waals surface area contributed by atoms with Crippen LogP contribution in [0.15, 0.2) is 0 Å². The van der Waals surface area contributed by atoms with Crippen LogP contribution in [0.3, 0.4) is 0 Å². The van der Waals surface area contributed by atoms with Crippen LogP contribution in [0.4, 0.5) is 0 Å². The SMILES string of the molecule is OCC#CCOCCCCO. The van der Waals surface area contributed by atoms with Crippen LogP contribution in [-0.2, 0) is 4.74 Å². The monoisotopic (exact) mass is 158 g/mol. The summed E-state index contributed by atoms with van der Waals surface area (Å²) in [5.41, 5.74) is 0. The van der Waals surface area contributed by atoms with Crippen LogP contribution >= 0.6 is 0 Å². The second-order valence-corrected chi connectivity index (χ2v) is 1.99. The first kappa shape index (κ1) is 10.4. The van der Waals surface area contributed by atoms with Gasteiger partial charge in [-0.25, -0.2) is 0 Å². The summed E-state index contributed by atoms with van der Waals surface area (Å²) in [5, 5.41) is 16.6. The zero-order valence-electron chi connectivity index (χ0n) is 6.55. The minimum Gasteiger partial charge on any atom is -0.396 e. The first-order valence-electron chi connectivity index (χ1n) is 3.67. The lowest BCUT2D eigenvalue weighted by Crippen LogP contribution is -1.96. The molecule has 0 atom stereocenters. The van der Waals surface area contributed by atoms with E-state index in [0.717, 1.165) is 12.8 Å². The van der Waals surface area contributed by atoms with Crippen molar-refractivity contribution in [3.63, 3.8) is 0 Å². The summed E-state index contributed by atoms with van der Waals surface area (Å²) in [5.74, 6) is 5.10. The highest BCUT2D eigenvalue weighted by Gasteiger charge is 1.84. The van der Waals surface area contributed by atoms with E-state index in [-0.39, 0.29) is 13.2 Å². The van der Waals surface area contributed by atoms with Gasteiger partial charge >= 0.3 is 0 Å². The highest BCUT2D eigenvalue weighted by atomic mass is 16.5. The van der Waals surface area contributed by atoms with Gasteiger partial charge in [-0.1, -0.05) is 11.8 Å². The van der Waals surface area contributed by atoms with Gasteiger partial charge in [-0.05, 0) is 12.8 Å². The lowest BCUT2D eigenvalue weighted by Gasteiger charge is -1.96. The molecule has 0 aromatic carbocycles. The van der Waals surface area contributed by atoms with Crippen molar-refractivity contribution >= 4 is 0 Å². The van der Waals surface area contributed by atoms with Crippen molar-refractivity contribution in [2.24, 2.45) is 0 Å². The molecule has 3 nitrogen and oxygen atoms in total. The Hall–Kier alpha value is -0.560. The Morgan fingerprint density at radius 1 is 1.09 bits per heavy atom. The lowest BCUT2D eigenvalue weighted by atomic mass is 10.3. The van der Waals surface area contributed by atoms with Crippen LogP contribution in [0.2, 0.25) is 0 Å². The van der Waals surface area contributed by atoms with Gasteiger partial charge in [-0.3, -0.25) is 0 Å². The van der Waals surface area contributed by atoms with Crippen molar-refractivity contribution < 1.29 is 14.9 Å². The van der Waals surface area contributed by atoms with Crippen molar-refractivity contribution in [1.29, 1.82) is 0 Å². The van der Waals surface area contributed by atoms with Gasteiger partial charge in [-0.15, -0.1) is 0 Å². The maximum absolute atomic E-state index is 8.39. The molecular weight excluding hydrogens is 144 g/mol. The third-order valence-corrected chi connectivity index (χ3v) is 1.08. The topological polar surface area (TPSA) is 49.7 Å². The Kier molecular flexibility index (Phi) is 8.96. The second-order valence-electron chi connectivity index (χ2n) is 1.99. The Balaban J connectivity index is 2.90. The van der Waals surface area contributed by atoms with Gasteiger partial charge in [0.2, 0.25) is 0 Å². The van der Waals surface area contributed by atoms with Gasteiger partial charge < -0.3 is 14.9 Å². The van der Waals surface area contributed by atoms with Crippen LogP contribution in [0.5, 0.6) is 0 Å². The van der Waals surface area contributed by atoms with E-state index in [1.54, 1.807) is 0 Å². The maximum Gasteiger partial charge on any atom is 0.107 e. The van der Waals surface area contributed by atoms with Crippen LogP contribution in [0.1, 0.15) is 12.8 Å². The smallest absolute Gasteiger partial charge is 0.107 e. The molecule has 0 aliphatic rings. The van der Waals surface area contributed by atoms with Gasteiger partial charge in [0.15, 0.2) is 0 Å². The maximum atomic E-state index is 8.39. The summed E-state index contributed by atoms with van der Waals surface area (Å²) in [6.07, 6.45) is 1.63. The molecule has 0 amide bonds. The van der Waals surface area contributed by atoms with Gasteiger partial charge in [0.1, 0.15) is 13.2 Å². The largest absolute Gasteiger partial charge is 0.396 e. The molecule has 0 rings (SSSR count). The zero-order valence-corrected chi connectivity index (χ0v) is 6.55. The molecule has 0 aromatic heterocycles. The molecule has 0 aliphatic carbocycles. The molecule has 3 heteroatoms. The molecule has 0 aromatic rings. The predicted molar refractivity (Wildman–Crippen MR) is 42.0 cm³/mol. The molecule has 0 spiro atoms. The summed E-state index contributed by atoms with van der Waals surface area (Å²) < 4.78 is 5.04. The van der Waals surface area contributed by atoms with Crippen molar-refractivity contribution in [3.05, 3.63) is 0 Å². The fourth-order valence-corrected chi connectivity index (χ4v) is 0.546.